The summed E-state index contributed by atoms with van der Waals surface area (Å²) in [6.07, 6.45) is 4.26. The Morgan fingerprint density at radius 1 is 1.15 bits per heavy atom. The Morgan fingerprint density at radius 3 is 2.48 bits per heavy atom. The van der Waals surface area contributed by atoms with Crippen LogP contribution >= 0.6 is 0 Å². The predicted molar refractivity (Wildman–Crippen MR) is 98.8 cm³/mol. The first-order chi connectivity index (χ1) is 13.2. The van der Waals surface area contributed by atoms with Crippen molar-refractivity contribution in [1.82, 2.24) is 10.2 Å². The van der Waals surface area contributed by atoms with Gasteiger partial charge < -0.3 is 24.1 Å². The van der Waals surface area contributed by atoms with E-state index < -0.39 is 0 Å². The molecule has 2 aromatic rings. The van der Waals surface area contributed by atoms with Crippen molar-refractivity contribution >= 4 is 11.8 Å². The number of nitrogens with zero attached hydrogens (tertiary/aromatic N) is 1. The molecule has 0 radical (unpaired) electrons. The van der Waals surface area contributed by atoms with Crippen molar-refractivity contribution < 1.29 is 23.5 Å². The average Bonchev–Trinajstić information content (AvgIpc) is 3.26. The summed E-state index contributed by atoms with van der Waals surface area (Å²) in [5.41, 5.74) is 0.550. The van der Waals surface area contributed by atoms with Gasteiger partial charge in [-0.1, -0.05) is 0 Å². The van der Waals surface area contributed by atoms with Gasteiger partial charge in [0, 0.05) is 19.0 Å². The van der Waals surface area contributed by atoms with Gasteiger partial charge in [-0.3, -0.25) is 9.59 Å². The van der Waals surface area contributed by atoms with Gasteiger partial charge in [0.05, 0.1) is 25.5 Å². The summed E-state index contributed by atoms with van der Waals surface area (Å²) in [4.78, 5) is 26.3. The van der Waals surface area contributed by atoms with Crippen LogP contribution in [0.5, 0.6) is 11.5 Å². The van der Waals surface area contributed by atoms with E-state index in [1.807, 2.05) is 24.3 Å². The Kier molecular flexibility index (Phi) is 6.35. The number of furan rings is 1. The SMILES string of the molecule is COc1ccc(OCCNC(=O)C2CCN(C(=O)c3ccoc3)CC2)cc1. The van der Waals surface area contributed by atoms with Gasteiger partial charge in [0.1, 0.15) is 24.4 Å². The average molecular weight is 372 g/mol. The number of ether oxygens (including phenoxy) is 2. The number of benzene rings is 1. The lowest BCUT2D eigenvalue weighted by Crippen LogP contribution is -2.43. The second kappa shape index (κ2) is 9.12. The number of nitrogens with one attached hydrogen (secondary N) is 1. The van der Waals surface area contributed by atoms with Crippen LogP contribution in [0.15, 0.2) is 47.3 Å². The van der Waals surface area contributed by atoms with E-state index in [9.17, 15) is 9.59 Å². The van der Waals surface area contributed by atoms with Gasteiger partial charge in [-0.05, 0) is 43.2 Å². The molecular formula is C20H24N2O5. The lowest BCUT2D eigenvalue weighted by Gasteiger charge is -2.31. The summed E-state index contributed by atoms with van der Waals surface area (Å²) in [7, 11) is 1.61. The molecule has 1 fully saturated rings. The van der Waals surface area contributed by atoms with E-state index in [-0.39, 0.29) is 17.7 Å². The maximum absolute atomic E-state index is 12.3. The number of carbonyl (C=O) groups is 2. The largest absolute Gasteiger partial charge is 0.497 e. The Labute approximate surface area is 158 Å². The van der Waals surface area contributed by atoms with E-state index in [2.05, 4.69) is 5.32 Å². The molecule has 27 heavy (non-hydrogen) atoms. The summed E-state index contributed by atoms with van der Waals surface area (Å²) in [6.45, 7) is 1.99. The van der Waals surface area contributed by atoms with Gasteiger partial charge in [0.15, 0.2) is 0 Å². The fourth-order valence-electron chi connectivity index (χ4n) is 3.07. The predicted octanol–water partition coefficient (Wildman–Crippen LogP) is 2.34. The van der Waals surface area contributed by atoms with Crippen molar-refractivity contribution in [3.63, 3.8) is 0 Å². The van der Waals surface area contributed by atoms with Gasteiger partial charge in [-0.15, -0.1) is 0 Å². The van der Waals surface area contributed by atoms with E-state index in [1.165, 1.54) is 12.5 Å². The molecule has 2 heterocycles. The number of rotatable bonds is 7. The topological polar surface area (TPSA) is 81.0 Å². The molecule has 0 atom stereocenters. The molecule has 1 aliphatic rings. The van der Waals surface area contributed by atoms with Crippen molar-refractivity contribution in [2.45, 2.75) is 12.8 Å². The molecule has 0 bridgehead atoms. The van der Waals surface area contributed by atoms with E-state index in [0.717, 1.165) is 11.5 Å². The molecule has 3 rings (SSSR count). The van der Waals surface area contributed by atoms with Gasteiger partial charge >= 0.3 is 0 Å². The highest BCUT2D eigenvalue weighted by molar-refractivity contribution is 5.94. The minimum Gasteiger partial charge on any atom is -0.497 e. The zero-order chi connectivity index (χ0) is 19.1. The molecule has 0 aliphatic carbocycles. The second-order valence-electron chi connectivity index (χ2n) is 6.39. The highest BCUT2D eigenvalue weighted by Crippen LogP contribution is 2.20. The highest BCUT2D eigenvalue weighted by atomic mass is 16.5. The number of amides is 2. The lowest BCUT2D eigenvalue weighted by atomic mass is 9.95. The first kappa shape index (κ1) is 18.8. The van der Waals surface area contributed by atoms with Gasteiger partial charge in [0.2, 0.25) is 5.91 Å². The molecule has 144 valence electrons. The summed E-state index contributed by atoms with van der Waals surface area (Å²) < 4.78 is 15.7. The standard InChI is InChI=1S/C20H24N2O5/c1-25-17-2-4-18(5-3-17)27-13-9-21-19(23)15-6-10-22(11-7-15)20(24)16-8-12-26-14-16/h2-5,8,12,14-15H,6-7,9-11,13H2,1H3,(H,21,23). The van der Waals surface area contributed by atoms with Crippen LogP contribution in [0.2, 0.25) is 0 Å². The van der Waals surface area contributed by atoms with Gasteiger partial charge in [-0.2, -0.15) is 0 Å². The quantitative estimate of drug-likeness (QED) is 0.755. The maximum Gasteiger partial charge on any atom is 0.257 e. The van der Waals surface area contributed by atoms with E-state index >= 15 is 0 Å². The number of hydrogen-bond donors (Lipinski definition) is 1. The van der Waals surface area contributed by atoms with Crippen molar-refractivity contribution in [3.8, 4) is 11.5 Å². The monoisotopic (exact) mass is 372 g/mol. The number of hydrogen-bond acceptors (Lipinski definition) is 5. The molecule has 1 aromatic carbocycles. The third-order valence-corrected chi connectivity index (χ3v) is 4.65. The molecule has 1 aromatic heterocycles. The Hall–Kier alpha value is -2.96. The van der Waals surface area contributed by atoms with E-state index in [1.54, 1.807) is 18.1 Å². The molecule has 0 unspecified atom stereocenters. The smallest absolute Gasteiger partial charge is 0.257 e. The summed E-state index contributed by atoms with van der Waals surface area (Å²) >= 11 is 0. The molecule has 7 nitrogen and oxygen atoms in total. The number of likely N-dealkylation sites (tertiary alicyclic amines) is 1. The van der Waals surface area contributed by atoms with Crippen LogP contribution in [-0.4, -0.2) is 50.1 Å². The summed E-state index contributed by atoms with van der Waals surface area (Å²) in [5, 5.41) is 2.91. The summed E-state index contributed by atoms with van der Waals surface area (Å²) in [5.74, 6) is 1.41. The van der Waals surface area contributed by atoms with Crippen LogP contribution in [0.4, 0.5) is 0 Å². The number of methoxy groups -OCH3 is 1. The third-order valence-electron chi connectivity index (χ3n) is 4.65. The number of carbonyl (C=O) groups excluding carboxylic acids is 2. The Balaban J connectivity index is 1.35. The summed E-state index contributed by atoms with van der Waals surface area (Å²) in [6, 6.07) is 8.96. The third kappa shape index (κ3) is 5.03. The normalized spacial score (nSPS) is 14.6. The number of piperidine rings is 1. The first-order valence-corrected chi connectivity index (χ1v) is 9.03. The van der Waals surface area contributed by atoms with Crippen molar-refractivity contribution in [2.24, 2.45) is 5.92 Å². The molecule has 2 amide bonds. The van der Waals surface area contributed by atoms with Crippen LogP contribution in [-0.2, 0) is 4.79 Å². The minimum absolute atomic E-state index is 0.0174. The van der Waals surface area contributed by atoms with Gasteiger partial charge in [-0.25, -0.2) is 0 Å². The van der Waals surface area contributed by atoms with E-state index in [4.69, 9.17) is 13.9 Å². The first-order valence-electron chi connectivity index (χ1n) is 9.03. The molecule has 7 heteroatoms. The molecule has 0 spiro atoms. The highest BCUT2D eigenvalue weighted by Gasteiger charge is 2.27. The molecule has 0 saturated carbocycles. The van der Waals surface area contributed by atoms with Crippen LogP contribution in [0.1, 0.15) is 23.2 Å². The van der Waals surface area contributed by atoms with Crippen LogP contribution in [0.3, 0.4) is 0 Å². The zero-order valence-electron chi connectivity index (χ0n) is 15.3. The van der Waals surface area contributed by atoms with E-state index in [0.29, 0.717) is 44.6 Å². The molecule has 1 aliphatic heterocycles. The molecule has 1 N–H and O–H groups in total. The van der Waals surface area contributed by atoms with Crippen LogP contribution < -0.4 is 14.8 Å². The Bertz CT molecular complexity index is 734. The second-order valence-corrected chi connectivity index (χ2v) is 6.39. The molecule has 1 saturated heterocycles. The maximum atomic E-state index is 12.3. The fourth-order valence-corrected chi connectivity index (χ4v) is 3.07. The van der Waals surface area contributed by atoms with Crippen LogP contribution in [0.25, 0.3) is 0 Å². The van der Waals surface area contributed by atoms with Crippen molar-refractivity contribution in [2.75, 3.05) is 33.4 Å². The van der Waals surface area contributed by atoms with Crippen molar-refractivity contribution in [1.29, 1.82) is 0 Å². The van der Waals surface area contributed by atoms with Crippen molar-refractivity contribution in [3.05, 3.63) is 48.4 Å². The fraction of sp³-hybridized carbons (Fsp3) is 0.400. The zero-order valence-corrected chi connectivity index (χ0v) is 15.3. The lowest BCUT2D eigenvalue weighted by molar-refractivity contribution is -0.126. The molecular weight excluding hydrogens is 348 g/mol. The van der Waals surface area contributed by atoms with Gasteiger partial charge in [0.25, 0.3) is 5.91 Å². The minimum atomic E-state index is -0.0700. The Morgan fingerprint density at radius 2 is 1.85 bits per heavy atom. The van der Waals surface area contributed by atoms with Crippen LogP contribution in [0, 0.1) is 5.92 Å².